The Hall–Kier alpha value is -5.48. The molecular weight excluding hydrogens is 863 g/mol. The summed E-state index contributed by atoms with van der Waals surface area (Å²) in [5.41, 5.74) is 1.11. The maximum atomic E-state index is 16.5. The molecule has 4 aromatic rings. The Morgan fingerprint density at radius 1 is 0.892 bits per heavy atom. The minimum Gasteiger partial charge on any atom is -0.493 e. The highest BCUT2D eigenvalue weighted by molar-refractivity contribution is 6.34. The summed E-state index contributed by atoms with van der Waals surface area (Å²) in [6.07, 6.45) is 7.58. The highest BCUT2D eigenvalue weighted by atomic mass is 35.5. The molecule has 3 aromatic carbocycles. The molecule has 0 radical (unpaired) electrons. The first-order valence-electron chi connectivity index (χ1n) is 22.6. The highest BCUT2D eigenvalue weighted by Gasteiger charge is 2.41. The Morgan fingerprint density at radius 3 is 2.37 bits per heavy atom. The molecule has 4 aliphatic heterocycles. The second-order valence-electron chi connectivity index (χ2n) is 18.4. The fraction of sp³-hybridized carbons (Fsp3) is 0.500. The van der Waals surface area contributed by atoms with Crippen molar-refractivity contribution in [2.75, 3.05) is 57.3 Å². The van der Waals surface area contributed by atoms with E-state index in [0.717, 1.165) is 69.3 Å². The number of benzene rings is 3. The topological polar surface area (TPSA) is 138 Å². The largest absolute Gasteiger partial charge is 0.493 e. The quantitative estimate of drug-likeness (QED) is 0.103. The van der Waals surface area contributed by atoms with Crippen LogP contribution in [0.3, 0.4) is 0 Å². The van der Waals surface area contributed by atoms with Crippen LogP contribution in [0.5, 0.6) is 5.75 Å². The zero-order chi connectivity index (χ0) is 46.0. The number of unbranched alkanes of at least 4 members (excludes halogenated alkanes) is 4. The number of piperidine rings is 2. The minimum atomic E-state index is -0.782. The molecule has 1 atom stereocenters. The van der Waals surface area contributed by atoms with E-state index >= 15 is 8.78 Å². The van der Waals surface area contributed by atoms with Gasteiger partial charge in [-0.25, -0.2) is 27.9 Å². The van der Waals surface area contributed by atoms with Crippen molar-refractivity contribution in [3.8, 4) is 16.9 Å². The summed E-state index contributed by atoms with van der Waals surface area (Å²) in [6.45, 7) is 10.3. The van der Waals surface area contributed by atoms with E-state index in [4.69, 9.17) is 21.1 Å². The first-order chi connectivity index (χ1) is 31.2. The number of fused-ring (bicyclic) bond motifs is 2. The van der Waals surface area contributed by atoms with Gasteiger partial charge in [0, 0.05) is 55.7 Å². The molecular formula is C48H55ClF3N7O6. The third-order valence-electron chi connectivity index (χ3n) is 12.8. The zero-order valence-corrected chi connectivity index (χ0v) is 37.8. The van der Waals surface area contributed by atoms with Crippen LogP contribution in [0.1, 0.15) is 106 Å². The molecule has 346 valence electrons. The maximum Gasteiger partial charge on any atom is 0.410 e. The van der Waals surface area contributed by atoms with E-state index in [2.05, 4.69) is 20.2 Å². The van der Waals surface area contributed by atoms with Crippen LogP contribution in [0.25, 0.3) is 22.0 Å². The number of piperazine rings is 1. The van der Waals surface area contributed by atoms with Gasteiger partial charge < -0.3 is 29.1 Å². The lowest BCUT2D eigenvalue weighted by atomic mass is 9.85. The number of nitrogens with zero attached hydrogens (tertiary/aromatic N) is 6. The van der Waals surface area contributed by atoms with Gasteiger partial charge in [0.1, 0.15) is 46.7 Å². The Bertz CT molecular complexity index is 2470. The number of carbonyl (C=O) groups excluding carboxylic acids is 4. The highest BCUT2D eigenvalue weighted by Crippen LogP contribution is 2.43. The standard InChI is InChI=1S/C48H55ClF3N7O6/c1-48(2,3)65-47(63)58-21-19-57(20-22-58)44-33-26-35(49)40(42(52)43(33)53-28-54-44)41-36(51)10-9-11-38(41)64-23-8-6-4-5-7-16-56-17-14-29(15-18-56)31-24-30(50)25-32-34(31)27-59(46(32)62)37-12-13-39(60)55-45(37)61/h9-11,24-26,28-29,37H,4-8,12-23,27H2,1-3H3,(H,55,60,61). The number of amides is 4. The second-order valence-corrected chi connectivity index (χ2v) is 18.8. The SMILES string of the molecule is CC(C)(C)OC(=O)N1CCN(c2ncnc3c(F)c(-c4c(F)cccc4OCCCCCCCN4CCC(c5cc(F)cc6c5CN(C5CCC(=O)NC5=O)C6=O)CC4)c(Cl)cc23)CC1. The van der Waals surface area contributed by atoms with Crippen LogP contribution in [0.4, 0.5) is 23.8 Å². The molecule has 4 aliphatic rings. The van der Waals surface area contributed by atoms with Gasteiger partial charge in [0.05, 0.1) is 17.2 Å². The zero-order valence-electron chi connectivity index (χ0n) is 37.1. The van der Waals surface area contributed by atoms with Crippen molar-refractivity contribution < 1.29 is 41.8 Å². The van der Waals surface area contributed by atoms with E-state index in [9.17, 15) is 23.6 Å². The fourth-order valence-electron chi connectivity index (χ4n) is 9.53. The summed E-state index contributed by atoms with van der Waals surface area (Å²) >= 11 is 6.76. The van der Waals surface area contributed by atoms with Crippen molar-refractivity contribution in [1.29, 1.82) is 0 Å². The van der Waals surface area contributed by atoms with E-state index < -0.39 is 41.1 Å². The second kappa shape index (κ2) is 19.5. The van der Waals surface area contributed by atoms with Gasteiger partial charge in [-0.1, -0.05) is 36.9 Å². The van der Waals surface area contributed by atoms with E-state index in [1.54, 1.807) is 23.1 Å². The summed E-state index contributed by atoms with van der Waals surface area (Å²) in [6, 6.07) is 8.00. The summed E-state index contributed by atoms with van der Waals surface area (Å²) in [4.78, 5) is 66.3. The van der Waals surface area contributed by atoms with Gasteiger partial charge in [-0.15, -0.1) is 0 Å². The summed E-state index contributed by atoms with van der Waals surface area (Å²) < 4.78 is 58.5. The molecule has 1 unspecified atom stereocenters. The minimum absolute atomic E-state index is 0.00456. The van der Waals surface area contributed by atoms with Crippen LogP contribution in [-0.4, -0.2) is 113 Å². The van der Waals surface area contributed by atoms with E-state index in [1.165, 1.54) is 29.4 Å². The molecule has 3 saturated heterocycles. The monoisotopic (exact) mass is 917 g/mol. The number of halogens is 4. The van der Waals surface area contributed by atoms with Gasteiger partial charge >= 0.3 is 6.09 Å². The molecule has 8 rings (SSSR count). The Balaban J connectivity index is 0.799. The van der Waals surface area contributed by atoms with Crippen LogP contribution >= 0.6 is 11.6 Å². The Labute approximate surface area is 381 Å². The molecule has 5 heterocycles. The van der Waals surface area contributed by atoms with Gasteiger partial charge in [-0.05, 0) is 120 Å². The van der Waals surface area contributed by atoms with Crippen molar-refractivity contribution in [3.05, 3.63) is 81.9 Å². The molecule has 0 saturated carbocycles. The van der Waals surface area contributed by atoms with Crippen molar-refractivity contribution in [1.82, 2.24) is 30.0 Å². The average molecular weight is 918 g/mol. The van der Waals surface area contributed by atoms with Gasteiger partial charge in [0.15, 0.2) is 5.82 Å². The normalized spacial score (nSPS) is 18.7. The van der Waals surface area contributed by atoms with Crippen LogP contribution < -0.4 is 15.0 Å². The number of hydrogen-bond donors (Lipinski definition) is 1. The van der Waals surface area contributed by atoms with Crippen molar-refractivity contribution in [2.24, 2.45) is 0 Å². The van der Waals surface area contributed by atoms with Gasteiger partial charge in [-0.2, -0.15) is 0 Å². The molecule has 0 aliphatic carbocycles. The lowest BCUT2D eigenvalue weighted by Gasteiger charge is -2.36. The number of ether oxygens (including phenoxy) is 2. The van der Waals surface area contributed by atoms with Crippen LogP contribution in [0.2, 0.25) is 5.02 Å². The van der Waals surface area contributed by atoms with Crippen LogP contribution in [0, 0.1) is 17.5 Å². The van der Waals surface area contributed by atoms with E-state index in [-0.39, 0.29) is 64.5 Å². The third kappa shape index (κ3) is 10.2. The summed E-state index contributed by atoms with van der Waals surface area (Å²) in [5.74, 6) is -2.36. The third-order valence-corrected chi connectivity index (χ3v) is 13.1. The molecule has 13 nitrogen and oxygen atoms in total. The predicted molar refractivity (Wildman–Crippen MR) is 239 cm³/mol. The average Bonchev–Trinajstić information content (AvgIpc) is 3.59. The Morgan fingerprint density at radius 2 is 1.63 bits per heavy atom. The Kier molecular flexibility index (Phi) is 13.9. The molecule has 3 fully saturated rings. The van der Waals surface area contributed by atoms with Gasteiger partial charge in [-0.3, -0.25) is 19.7 Å². The predicted octanol–water partition coefficient (Wildman–Crippen LogP) is 8.39. The number of nitrogens with one attached hydrogen (secondary N) is 1. The molecule has 17 heteroatoms. The van der Waals surface area contributed by atoms with Gasteiger partial charge in [0.25, 0.3) is 5.91 Å². The first-order valence-corrected chi connectivity index (χ1v) is 23.0. The first kappa shape index (κ1) is 46.1. The summed E-state index contributed by atoms with van der Waals surface area (Å²) in [7, 11) is 0. The molecule has 1 N–H and O–H groups in total. The molecule has 0 spiro atoms. The van der Waals surface area contributed by atoms with Gasteiger partial charge in [0.2, 0.25) is 11.8 Å². The number of carbonyl (C=O) groups is 4. The van der Waals surface area contributed by atoms with Crippen molar-refractivity contribution in [3.63, 3.8) is 0 Å². The molecule has 65 heavy (non-hydrogen) atoms. The van der Waals surface area contributed by atoms with Crippen LogP contribution in [0.15, 0.2) is 42.7 Å². The number of likely N-dealkylation sites (tertiary alicyclic amines) is 1. The molecule has 4 amide bonds. The van der Waals surface area contributed by atoms with E-state index in [0.29, 0.717) is 56.0 Å². The number of aromatic nitrogens is 2. The fourth-order valence-corrected chi connectivity index (χ4v) is 9.81. The van der Waals surface area contributed by atoms with Crippen molar-refractivity contribution >= 4 is 52.1 Å². The summed E-state index contributed by atoms with van der Waals surface area (Å²) in [5, 5.41) is 2.69. The number of rotatable bonds is 13. The van der Waals surface area contributed by atoms with Crippen LogP contribution in [-0.2, 0) is 20.9 Å². The number of imide groups is 1. The molecule has 1 aromatic heterocycles. The molecule has 0 bridgehead atoms. The van der Waals surface area contributed by atoms with E-state index in [1.807, 2.05) is 25.7 Å². The maximum absolute atomic E-state index is 16.5. The lowest BCUT2D eigenvalue weighted by Crippen LogP contribution is -2.52. The smallest absolute Gasteiger partial charge is 0.410 e. The number of hydrogen-bond acceptors (Lipinski definition) is 10. The van der Waals surface area contributed by atoms with Crippen molar-refractivity contribution in [2.45, 2.75) is 103 Å². The lowest BCUT2D eigenvalue weighted by molar-refractivity contribution is -0.136. The number of anilines is 1.